The van der Waals surface area contributed by atoms with E-state index in [1.165, 1.54) is 18.5 Å². The molecule has 1 fully saturated rings. The lowest BCUT2D eigenvalue weighted by atomic mass is 9.97. The summed E-state index contributed by atoms with van der Waals surface area (Å²) in [6.45, 7) is 3.46. The quantitative estimate of drug-likeness (QED) is 0.863. The van der Waals surface area contributed by atoms with Gasteiger partial charge in [-0.15, -0.1) is 0 Å². The van der Waals surface area contributed by atoms with Crippen LogP contribution < -0.4 is 15.0 Å². The van der Waals surface area contributed by atoms with Gasteiger partial charge in [0, 0.05) is 25.3 Å². The largest absolute Gasteiger partial charge is 0.497 e. The summed E-state index contributed by atoms with van der Waals surface area (Å²) in [5, 5.41) is 3.41. The van der Waals surface area contributed by atoms with E-state index < -0.39 is 0 Å². The fourth-order valence-corrected chi connectivity index (χ4v) is 2.40. The zero-order valence-electron chi connectivity index (χ0n) is 10.8. The summed E-state index contributed by atoms with van der Waals surface area (Å²) < 4.78 is 5.26. The van der Waals surface area contributed by atoms with Crippen LogP contribution in [0.4, 0.5) is 5.69 Å². The van der Waals surface area contributed by atoms with Crippen LogP contribution in [0.1, 0.15) is 12.8 Å². The molecule has 3 nitrogen and oxygen atoms in total. The highest BCUT2D eigenvalue weighted by Gasteiger charge is 2.15. The number of benzene rings is 1. The van der Waals surface area contributed by atoms with Crippen LogP contribution in [0.15, 0.2) is 24.3 Å². The Labute approximate surface area is 104 Å². The lowest BCUT2D eigenvalue weighted by Gasteiger charge is -2.29. The molecule has 0 aliphatic carbocycles. The van der Waals surface area contributed by atoms with Gasteiger partial charge < -0.3 is 15.0 Å². The molecule has 1 saturated heterocycles. The van der Waals surface area contributed by atoms with Crippen LogP contribution in [0.3, 0.4) is 0 Å². The SMILES string of the molecule is COc1cccc(N(C)CC2CCNCC2)c1. The molecule has 1 heterocycles. The van der Waals surface area contributed by atoms with E-state index in [9.17, 15) is 0 Å². The standard InChI is InChI=1S/C14H22N2O/c1-16(11-12-6-8-15-9-7-12)13-4-3-5-14(10-13)17-2/h3-5,10,12,15H,6-9,11H2,1-2H3. The summed E-state index contributed by atoms with van der Waals surface area (Å²) in [7, 11) is 3.88. The fraction of sp³-hybridized carbons (Fsp3) is 0.571. The van der Waals surface area contributed by atoms with Crippen molar-refractivity contribution < 1.29 is 4.74 Å². The average molecular weight is 234 g/mol. The second kappa shape index (κ2) is 5.92. The van der Waals surface area contributed by atoms with Crippen molar-refractivity contribution in [3.63, 3.8) is 0 Å². The van der Waals surface area contributed by atoms with Gasteiger partial charge in [-0.05, 0) is 44.0 Å². The molecule has 3 heteroatoms. The molecule has 0 radical (unpaired) electrons. The minimum Gasteiger partial charge on any atom is -0.497 e. The molecule has 0 spiro atoms. The van der Waals surface area contributed by atoms with Gasteiger partial charge in [-0.1, -0.05) is 6.07 Å². The third kappa shape index (κ3) is 3.37. The highest BCUT2D eigenvalue weighted by molar-refractivity contribution is 5.50. The third-order valence-electron chi connectivity index (χ3n) is 3.48. The fourth-order valence-electron chi connectivity index (χ4n) is 2.40. The van der Waals surface area contributed by atoms with E-state index in [-0.39, 0.29) is 0 Å². The first-order valence-electron chi connectivity index (χ1n) is 6.35. The molecule has 0 bridgehead atoms. The summed E-state index contributed by atoms with van der Waals surface area (Å²) in [4.78, 5) is 2.33. The molecule has 2 rings (SSSR count). The second-order valence-electron chi connectivity index (χ2n) is 4.78. The molecule has 1 aliphatic heterocycles. The molecule has 0 unspecified atom stereocenters. The van der Waals surface area contributed by atoms with Gasteiger partial charge in [0.1, 0.15) is 5.75 Å². The van der Waals surface area contributed by atoms with Crippen LogP contribution in [0.25, 0.3) is 0 Å². The number of nitrogens with one attached hydrogen (secondary N) is 1. The van der Waals surface area contributed by atoms with Crippen molar-refractivity contribution in [2.75, 3.05) is 38.7 Å². The van der Waals surface area contributed by atoms with Gasteiger partial charge in [-0.2, -0.15) is 0 Å². The molecule has 17 heavy (non-hydrogen) atoms. The molecule has 1 aromatic carbocycles. The van der Waals surface area contributed by atoms with E-state index in [1.54, 1.807) is 7.11 Å². The molecule has 1 aliphatic rings. The van der Waals surface area contributed by atoms with Gasteiger partial charge in [0.15, 0.2) is 0 Å². The highest BCUT2D eigenvalue weighted by atomic mass is 16.5. The maximum atomic E-state index is 5.26. The molecule has 0 saturated carbocycles. The van der Waals surface area contributed by atoms with Gasteiger partial charge in [-0.3, -0.25) is 0 Å². The lowest BCUT2D eigenvalue weighted by Crippen LogP contribution is -2.34. The van der Waals surface area contributed by atoms with Crippen LogP contribution in [-0.2, 0) is 0 Å². The van der Waals surface area contributed by atoms with Crippen LogP contribution in [-0.4, -0.2) is 33.8 Å². The van der Waals surface area contributed by atoms with Crippen molar-refractivity contribution in [2.24, 2.45) is 5.92 Å². The summed E-state index contributed by atoms with van der Waals surface area (Å²) in [6.07, 6.45) is 2.57. The first-order chi connectivity index (χ1) is 8.29. The number of piperidine rings is 1. The number of methoxy groups -OCH3 is 1. The average Bonchev–Trinajstić information content (AvgIpc) is 2.40. The summed E-state index contributed by atoms with van der Waals surface area (Å²) in [5.41, 5.74) is 1.24. The summed E-state index contributed by atoms with van der Waals surface area (Å²) in [6, 6.07) is 8.28. The second-order valence-corrected chi connectivity index (χ2v) is 4.78. The molecular formula is C14H22N2O. The Morgan fingerprint density at radius 2 is 2.12 bits per heavy atom. The molecular weight excluding hydrogens is 212 g/mol. The van der Waals surface area contributed by atoms with Gasteiger partial charge in [0.2, 0.25) is 0 Å². The number of hydrogen-bond donors (Lipinski definition) is 1. The Morgan fingerprint density at radius 3 is 2.82 bits per heavy atom. The molecule has 0 atom stereocenters. The maximum Gasteiger partial charge on any atom is 0.120 e. The highest BCUT2D eigenvalue weighted by Crippen LogP contribution is 2.22. The topological polar surface area (TPSA) is 24.5 Å². The molecule has 1 N–H and O–H groups in total. The van der Waals surface area contributed by atoms with Gasteiger partial charge in [0.05, 0.1) is 7.11 Å². The van der Waals surface area contributed by atoms with E-state index >= 15 is 0 Å². The van der Waals surface area contributed by atoms with Crippen LogP contribution in [0.5, 0.6) is 5.75 Å². The molecule has 0 aromatic heterocycles. The van der Waals surface area contributed by atoms with Crippen molar-refractivity contribution in [2.45, 2.75) is 12.8 Å². The normalized spacial score (nSPS) is 16.8. The summed E-state index contributed by atoms with van der Waals surface area (Å²) in [5.74, 6) is 1.74. The predicted molar refractivity (Wildman–Crippen MR) is 71.9 cm³/mol. The van der Waals surface area contributed by atoms with Crippen molar-refractivity contribution >= 4 is 5.69 Å². The number of anilines is 1. The van der Waals surface area contributed by atoms with Crippen molar-refractivity contribution in [1.82, 2.24) is 5.32 Å². The smallest absolute Gasteiger partial charge is 0.120 e. The zero-order chi connectivity index (χ0) is 12.1. The van der Waals surface area contributed by atoms with E-state index in [4.69, 9.17) is 4.74 Å². The third-order valence-corrected chi connectivity index (χ3v) is 3.48. The van der Waals surface area contributed by atoms with E-state index in [0.717, 1.165) is 31.3 Å². The molecule has 1 aromatic rings. The van der Waals surface area contributed by atoms with Crippen LogP contribution in [0, 0.1) is 5.92 Å². The Kier molecular flexibility index (Phi) is 4.26. The lowest BCUT2D eigenvalue weighted by molar-refractivity contribution is 0.377. The predicted octanol–water partition coefficient (Wildman–Crippen LogP) is 2.13. The number of ether oxygens (including phenoxy) is 1. The Morgan fingerprint density at radius 1 is 1.35 bits per heavy atom. The maximum absolute atomic E-state index is 5.26. The van der Waals surface area contributed by atoms with E-state index in [0.29, 0.717) is 0 Å². The van der Waals surface area contributed by atoms with Crippen molar-refractivity contribution in [1.29, 1.82) is 0 Å². The summed E-state index contributed by atoms with van der Waals surface area (Å²) >= 11 is 0. The zero-order valence-corrected chi connectivity index (χ0v) is 10.8. The number of hydrogen-bond acceptors (Lipinski definition) is 3. The first kappa shape index (κ1) is 12.2. The van der Waals surface area contributed by atoms with Crippen molar-refractivity contribution in [3.8, 4) is 5.75 Å². The van der Waals surface area contributed by atoms with Gasteiger partial charge in [-0.25, -0.2) is 0 Å². The minimum absolute atomic E-state index is 0.812. The Hall–Kier alpha value is -1.22. The minimum atomic E-state index is 0.812. The Bertz CT molecular complexity index is 348. The van der Waals surface area contributed by atoms with Crippen LogP contribution >= 0.6 is 0 Å². The number of nitrogens with zero attached hydrogens (tertiary/aromatic N) is 1. The van der Waals surface area contributed by atoms with Gasteiger partial charge >= 0.3 is 0 Å². The van der Waals surface area contributed by atoms with Crippen LogP contribution in [0.2, 0.25) is 0 Å². The molecule has 0 amide bonds. The monoisotopic (exact) mass is 234 g/mol. The Balaban J connectivity index is 1.95. The van der Waals surface area contributed by atoms with E-state index in [1.807, 2.05) is 12.1 Å². The molecule has 94 valence electrons. The van der Waals surface area contributed by atoms with E-state index in [2.05, 4.69) is 29.4 Å². The number of rotatable bonds is 4. The first-order valence-corrected chi connectivity index (χ1v) is 6.35. The van der Waals surface area contributed by atoms with Gasteiger partial charge in [0.25, 0.3) is 0 Å². The van der Waals surface area contributed by atoms with Crippen molar-refractivity contribution in [3.05, 3.63) is 24.3 Å².